The number of unbranched alkanes of at least 4 members (excludes halogenated alkanes) is 1. The van der Waals surface area contributed by atoms with E-state index in [1.807, 2.05) is 24.8 Å². The van der Waals surface area contributed by atoms with Gasteiger partial charge in [0.05, 0.1) is 23.6 Å². The van der Waals surface area contributed by atoms with Gasteiger partial charge in [0.15, 0.2) is 0 Å². The second-order valence-electron chi connectivity index (χ2n) is 3.88. The lowest BCUT2D eigenvalue weighted by Crippen LogP contribution is -2.15. The number of nitrogens with one attached hydrogen (secondary N) is 1. The van der Waals surface area contributed by atoms with Gasteiger partial charge in [0.2, 0.25) is 0 Å². The van der Waals surface area contributed by atoms with Gasteiger partial charge in [-0.05, 0) is 41.4 Å². The fourth-order valence-corrected chi connectivity index (χ4v) is 1.96. The fourth-order valence-electron chi connectivity index (χ4n) is 1.62. The molecule has 0 aromatic carbocycles. The minimum absolute atomic E-state index is 0.776. The molecule has 2 aromatic heterocycles. The first kappa shape index (κ1) is 12.4. The van der Waals surface area contributed by atoms with Gasteiger partial charge < -0.3 is 14.3 Å². The van der Waals surface area contributed by atoms with Gasteiger partial charge >= 0.3 is 0 Å². The van der Waals surface area contributed by atoms with Crippen LogP contribution in [0.15, 0.2) is 39.9 Å². The van der Waals surface area contributed by atoms with Crippen LogP contribution in [0.25, 0.3) is 0 Å². The van der Waals surface area contributed by atoms with E-state index in [2.05, 4.69) is 30.8 Å². The highest BCUT2D eigenvalue weighted by molar-refractivity contribution is 9.10. The number of hydrogen-bond donors (Lipinski definition) is 1. The van der Waals surface area contributed by atoms with E-state index >= 15 is 0 Å². The van der Waals surface area contributed by atoms with Crippen molar-refractivity contribution in [2.45, 2.75) is 25.9 Å². The molecule has 2 heterocycles. The first-order chi connectivity index (χ1) is 8.36. The number of aryl methyl sites for hydroxylation is 1. The Balaban J connectivity index is 1.54. The molecule has 17 heavy (non-hydrogen) atoms. The number of hydrogen-bond acceptors (Lipinski definition) is 3. The standard InChI is InChI=1S/C12H16BrN3O/c13-11-3-8-17-12(11)9-14-4-1-2-6-16-7-5-15-10-16/h3,5,7-8,10,14H,1-2,4,6,9H2. The molecule has 0 amide bonds. The van der Waals surface area contributed by atoms with Crippen molar-refractivity contribution in [3.8, 4) is 0 Å². The summed E-state index contributed by atoms with van der Waals surface area (Å²) in [5.74, 6) is 0.958. The minimum atomic E-state index is 0.776. The lowest BCUT2D eigenvalue weighted by Gasteiger charge is -2.04. The van der Waals surface area contributed by atoms with Gasteiger partial charge in [-0.15, -0.1) is 0 Å². The summed E-state index contributed by atoms with van der Waals surface area (Å²) in [5.41, 5.74) is 0. The molecule has 0 bridgehead atoms. The van der Waals surface area contributed by atoms with Crippen LogP contribution in [-0.4, -0.2) is 16.1 Å². The summed E-state index contributed by atoms with van der Waals surface area (Å²) in [6.07, 6.45) is 9.66. The molecule has 4 nitrogen and oxygen atoms in total. The Morgan fingerprint density at radius 1 is 1.41 bits per heavy atom. The van der Waals surface area contributed by atoms with Crippen LogP contribution < -0.4 is 5.32 Å². The maximum atomic E-state index is 5.31. The quantitative estimate of drug-likeness (QED) is 0.799. The first-order valence-corrected chi connectivity index (χ1v) is 6.54. The molecule has 0 unspecified atom stereocenters. The van der Waals surface area contributed by atoms with E-state index in [4.69, 9.17) is 4.42 Å². The molecule has 0 aliphatic heterocycles. The van der Waals surface area contributed by atoms with Gasteiger partial charge in [-0.2, -0.15) is 0 Å². The van der Waals surface area contributed by atoms with Crippen LogP contribution in [0.1, 0.15) is 18.6 Å². The smallest absolute Gasteiger partial charge is 0.131 e. The predicted octanol–water partition coefficient (Wildman–Crippen LogP) is 2.81. The lowest BCUT2D eigenvalue weighted by atomic mass is 10.3. The topological polar surface area (TPSA) is 43.0 Å². The third kappa shape index (κ3) is 4.02. The highest BCUT2D eigenvalue weighted by Gasteiger charge is 2.01. The summed E-state index contributed by atoms with van der Waals surface area (Å²) in [6, 6.07) is 1.91. The number of halogens is 1. The number of aromatic nitrogens is 2. The number of furan rings is 1. The van der Waals surface area contributed by atoms with Crippen molar-refractivity contribution in [2.24, 2.45) is 0 Å². The highest BCUT2D eigenvalue weighted by atomic mass is 79.9. The van der Waals surface area contributed by atoms with Gasteiger partial charge in [0.25, 0.3) is 0 Å². The van der Waals surface area contributed by atoms with Crippen molar-refractivity contribution in [2.75, 3.05) is 6.54 Å². The average molecular weight is 298 g/mol. The van der Waals surface area contributed by atoms with Crippen molar-refractivity contribution in [3.05, 3.63) is 41.3 Å². The molecular formula is C12H16BrN3O. The van der Waals surface area contributed by atoms with Gasteiger partial charge in [-0.25, -0.2) is 4.98 Å². The second-order valence-corrected chi connectivity index (χ2v) is 4.73. The third-order valence-electron chi connectivity index (χ3n) is 2.56. The second kappa shape index (κ2) is 6.61. The molecule has 0 atom stereocenters. The zero-order valence-corrected chi connectivity index (χ0v) is 11.2. The summed E-state index contributed by atoms with van der Waals surface area (Å²) in [5, 5.41) is 3.36. The van der Waals surface area contributed by atoms with Crippen molar-refractivity contribution < 1.29 is 4.42 Å². The Morgan fingerprint density at radius 2 is 2.35 bits per heavy atom. The monoisotopic (exact) mass is 297 g/mol. The summed E-state index contributed by atoms with van der Waals surface area (Å²) in [7, 11) is 0. The average Bonchev–Trinajstić information content (AvgIpc) is 2.95. The molecule has 0 saturated carbocycles. The number of imidazole rings is 1. The van der Waals surface area contributed by atoms with Crippen molar-refractivity contribution >= 4 is 15.9 Å². The van der Waals surface area contributed by atoms with E-state index in [0.717, 1.165) is 42.7 Å². The maximum Gasteiger partial charge on any atom is 0.131 e. The van der Waals surface area contributed by atoms with Crippen molar-refractivity contribution in [1.29, 1.82) is 0 Å². The number of rotatable bonds is 7. The molecule has 92 valence electrons. The first-order valence-electron chi connectivity index (χ1n) is 5.74. The predicted molar refractivity (Wildman–Crippen MR) is 69.6 cm³/mol. The molecule has 0 spiro atoms. The van der Waals surface area contributed by atoms with E-state index < -0.39 is 0 Å². The van der Waals surface area contributed by atoms with Crippen LogP contribution in [0.3, 0.4) is 0 Å². The van der Waals surface area contributed by atoms with Crippen molar-refractivity contribution in [1.82, 2.24) is 14.9 Å². The van der Waals surface area contributed by atoms with E-state index in [0.29, 0.717) is 0 Å². The van der Waals surface area contributed by atoms with E-state index in [9.17, 15) is 0 Å². The van der Waals surface area contributed by atoms with Gasteiger partial charge in [-0.3, -0.25) is 0 Å². The molecule has 0 aliphatic carbocycles. The Hall–Kier alpha value is -1.07. The molecule has 1 N–H and O–H groups in total. The van der Waals surface area contributed by atoms with Gasteiger partial charge in [-0.1, -0.05) is 0 Å². The fraction of sp³-hybridized carbons (Fsp3) is 0.417. The molecule has 2 aromatic rings. The molecular weight excluding hydrogens is 282 g/mol. The highest BCUT2D eigenvalue weighted by Crippen LogP contribution is 2.16. The van der Waals surface area contributed by atoms with Gasteiger partial charge in [0.1, 0.15) is 5.76 Å². The summed E-state index contributed by atoms with van der Waals surface area (Å²) >= 11 is 3.43. The molecule has 2 rings (SSSR count). The minimum Gasteiger partial charge on any atom is -0.467 e. The maximum absolute atomic E-state index is 5.31. The van der Waals surface area contributed by atoms with Gasteiger partial charge in [0, 0.05) is 18.9 Å². The van der Waals surface area contributed by atoms with Crippen LogP contribution >= 0.6 is 15.9 Å². The molecule has 0 fully saturated rings. The Kier molecular flexibility index (Phi) is 4.82. The summed E-state index contributed by atoms with van der Waals surface area (Å²) < 4.78 is 8.44. The summed E-state index contributed by atoms with van der Waals surface area (Å²) in [4.78, 5) is 4.01. The van der Waals surface area contributed by atoms with Crippen molar-refractivity contribution in [3.63, 3.8) is 0 Å². The van der Waals surface area contributed by atoms with Crippen LogP contribution in [0, 0.1) is 0 Å². The van der Waals surface area contributed by atoms with E-state index in [1.54, 1.807) is 6.26 Å². The number of nitrogens with zero attached hydrogens (tertiary/aromatic N) is 2. The molecule has 0 radical (unpaired) electrons. The van der Waals surface area contributed by atoms with E-state index in [-0.39, 0.29) is 0 Å². The lowest BCUT2D eigenvalue weighted by molar-refractivity contribution is 0.473. The molecule has 5 heteroatoms. The summed E-state index contributed by atoms with van der Waals surface area (Å²) in [6.45, 7) is 2.81. The molecule has 0 aliphatic rings. The van der Waals surface area contributed by atoms with E-state index in [1.165, 1.54) is 0 Å². The Labute approximate surface area is 109 Å². The SMILES string of the molecule is Brc1ccoc1CNCCCCn1ccnc1. The normalized spacial score (nSPS) is 10.9. The molecule has 0 saturated heterocycles. The van der Waals surface area contributed by atoms with Crippen LogP contribution in [0.4, 0.5) is 0 Å². The zero-order chi connectivity index (χ0) is 11.9. The zero-order valence-electron chi connectivity index (χ0n) is 9.60. The Bertz CT molecular complexity index is 425. The van der Waals surface area contributed by atoms with Crippen LogP contribution in [0.5, 0.6) is 0 Å². The van der Waals surface area contributed by atoms with Crippen LogP contribution in [-0.2, 0) is 13.1 Å². The largest absolute Gasteiger partial charge is 0.467 e. The Morgan fingerprint density at radius 3 is 3.06 bits per heavy atom. The van der Waals surface area contributed by atoms with Crippen LogP contribution in [0.2, 0.25) is 0 Å². The third-order valence-corrected chi connectivity index (χ3v) is 3.26.